The third-order valence-corrected chi connectivity index (χ3v) is 3.06. The zero-order valence-electron chi connectivity index (χ0n) is 13.2. The highest BCUT2D eigenvalue weighted by molar-refractivity contribution is 6.02. The molecule has 7 heteroatoms. The van der Waals surface area contributed by atoms with Crippen molar-refractivity contribution in [3.05, 3.63) is 48.2 Å². The van der Waals surface area contributed by atoms with Crippen LogP contribution in [0.3, 0.4) is 0 Å². The Morgan fingerprint density at radius 2 is 2.09 bits per heavy atom. The van der Waals surface area contributed by atoms with Gasteiger partial charge in [0, 0.05) is 12.2 Å². The van der Waals surface area contributed by atoms with E-state index in [9.17, 15) is 9.18 Å². The van der Waals surface area contributed by atoms with E-state index in [-0.39, 0.29) is 5.69 Å². The van der Waals surface area contributed by atoms with Gasteiger partial charge in [0.2, 0.25) is 0 Å². The summed E-state index contributed by atoms with van der Waals surface area (Å²) in [7, 11) is 4.04. The number of amides is 1. The van der Waals surface area contributed by atoms with E-state index in [1.54, 1.807) is 6.07 Å². The SMILES string of the molecule is CN(C)CCCNc1cnc(C(=O)Nc2cccc(F)c2)cn1. The van der Waals surface area contributed by atoms with Crippen molar-refractivity contribution in [1.82, 2.24) is 14.9 Å². The largest absolute Gasteiger partial charge is 0.369 e. The minimum atomic E-state index is -0.428. The molecule has 0 bridgehead atoms. The molecule has 1 amide bonds. The zero-order valence-corrected chi connectivity index (χ0v) is 13.2. The normalized spacial score (nSPS) is 10.6. The fourth-order valence-corrected chi connectivity index (χ4v) is 1.91. The Hall–Kier alpha value is -2.54. The average Bonchev–Trinajstić information content (AvgIpc) is 2.52. The van der Waals surface area contributed by atoms with Gasteiger partial charge in [0.05, 0.1) is 12.4 Å². The summed E-state index contributed by atoms with van der Waals surface area (Å²) in [6.07, 6.45) is 3.88. The molecule has 0 aliphatic carbocycles. The second-order valence-corrected chi connectivity index (χ2v) is 5.33. The fourth-order valence-electron chi connectivity index (χ4n) is 1.91. The first kappa shape index (κ1) is 16.8. The Morgan fingerprint density at radius 1 is 1.26 bits per heavy atom. The van der Waals surface area contributed by atoms with E-state index >= 15 is 0 Å². The van der Waals surface area contributed by atoms with Crippen LogP contribution >= 0.6 is 0 Å². The van der Waals surface area contributed by atoms with Crippen LogP contribution < -0.4 is 10.6 Å². The number of benzene rings is 1. The van der Waals surface area contributed by atoms with Crippen molar-refractivity contribution in [2.45, 2.75) is 6.42 Å². The van der Waals surface area contributed by atoms with Gasteiger partial charge in [-0.05, 0) is 45.3 Å². The third kappa shape index (κ3) is 5.63. The molecule has 1 aromatic heterocycles. The Labute approximate surface area is 134 Å². The van der Waals surface area contributed by atoms with Crippen LogP contribution in [-0.2, 0) is 0 Å². The van der Waals surface area contributed by atoms with Crippen LogP contribution in [-0.4, -0.2) is 48.0 Å². The third-order valence-electron chi connectivity index (χ3n) is 3.06. The van der Waals surface area contributed by atoms with Crippen molar-refractivity contribution in [1.29, 1.82) is 0 Å². The summed E-state index contributed by atoms with van der Waals surface area (Å²) in [4.78, 5) is 22.3. The Balaban J connectivity index is 1.87. The zero-order chi connectivity index (χ0) is 16.7. The number of nitrogens with zero attached hydrogens (tertiary/aromatic N) is 3. The number of rotatable bonds is 7. The second-order valence-electron chi connectivity index (χ2n) is 5.33. The smallest absolute Gasteiger partial charge is 0.275 e. The topological polar surface area (TPSA) is 70.2 Å². The molecule has 0 radical (unpaired) electrons. The second kappa shape index (κ2) is 8.19. The molecule has 0 saturated carbocycles. The average molecular weight is 317 g/mol. The van der Waals surface area contributed by atoms with Gasteiger partial charge in [0.1, 0.15) is 17.3 Å². The van der Waals surface area contributed by atoms with Gasteiger partial charge in [-0.25, -0.2) is 14.4 Å². The number of carbonyl (C=O) groups is 1. The Kier molecular flexibility index (Phi) is 5.99. The number of hydrogen-bond donors (Lipinski definition) is 2. The van der Waals surface area contributed by atoms with Gasteiger partial charge >= 0.3 is 0 Å². The molecule has 0 unspecified atom stereocenters. The van der Waals surface area contributed by atoms with Crippen LogP contribution in [0.25, 0.3) is 0 Å². The lowest BCUT2D eigenvalue weighted by molar-refractivity contribution is 0.102. The number of nitrogens with one attached hydrogen (secondary N) is 2. The lowest BCUT2D eigenvalue weighted by atomic mass is 10.3. The van der Waals surface area contributed by atoms with E-state index in [2.05, 4.69) is 25.5 Å². The standard InChI is InChI=1S/C16H20FN5O/c1-22(2)8-4-7-18-15-11-19-14(10-20-15)16(23)21-13-6-3-5-12(17)9-13/h3,5-6,9-11H,4,7-8H2,1-2H3,(H,18,20)(H,21,23). The molecule has 0 atom stereocenters. The minimum Gasteiger partial charge on any atom is -0.369 e. The summed E-state index contributed by atoms with van der Waals surface area (Å²) in [6.45, 7) is 1.76. The Bertz CT molecular complexity index is 645. The molecule has 0 aliphatic heterocycles. The predicted molar refractivity (Wildman–Crippen MR) is 88.0 cm³/mol. The lowest BCUT2D eigenvalue weighted by Gasteiger charge is -2.10. The molecule has 0 saturated heterocycles. The molecule has 6 nitrogen and oxygen atoms in total. The van der Waals surface area contributed by atoms with Gasteiger partial charge in [-0.1, -0.05) is 6.07 Å². The van der Waals surface area contributed by atoms with Crippen LogP contribution in [0.5, 0.6) is 0 Å². The number of anilines is 2. The molecule has 2 aromatic rings. The van der Waals surface area contributed by atoms with E-state index in [4.69, 9.17) is 0 Å². The molecule has 0 spiro atoms. The molecular formula is C16H20FN5O. The van der Waals surface area contributed by atoms with Crippen molar-refractivity contribution in [2.24, 2.45) is 0 Å². The van der Waals surface area contributed by atoms with Crippen LogP contribution in [0.1, 0.15) is 16.9 Å². The van der Waals surface area contributed by atoms with Gasteiger partial charge in [-0.3, -0.25) is 4.79 Å². The van der Waals surface area contributed by atoms with Crippen LogP contribution in [0.15, 0.2) is 36.7 Å². The molecule has 1 aromatic carbocycles. The van der Waals surface area contributed by atoms with Crippen molar-refractivity contribution in [2.75, 3.05) is 37.8 Å². The maximum absolute atomic E-state index is 13.1. The first-order chi connectivity index (χ1) is 11.0. The van der Waals surface area contributed by atoms with Crippen molar-refractivity contribution >= 4 is 17.4 Å². The molecule has 0 aliphatic rings. The Morgan fingerprint density at radius 3 is 2.74 bits per heavy atom. The molecule has 1 heterocycles. The fraction of sp³-hybridized carbons (Fsp3) is 0.312. The maximum Gasteiger partial charge on any atom is 0.275 e. The monoisotopic (exact) mass is 317 g/mol. The molecule has 2 N–H and O–H groups in total. The lowest BCUT2D eigenvalue weighted by Crippen LogP contribution is -2.17. The number of hydrogen-bond acceptors (Lipinski definition) is 5. The van der Waals surface area contributed by atoms with E-state index < -0.39 is 11.7 Å². The molecule has 122 valence electrons. The highest BCUT2D eigenvalue weighted by atomic mass is 19.1. The minimum absolute atomic E-state index is 0.174. The van der Waals surface area contributed by atoms with E-state index in [1.807, 2.05) is 14.1 Å². The van der Waals surface area contributed by atoms with Crippen molar-refractivity contribution < 1.29 is 9.18 Å². The summed E-state index contributed by atoms with van der Waals surface area (Å²) in [5.41, 5.74) is 0.552. The number of aromatic nitrogens is 2. The number of carbonyl (C=O) groups excluding carboxylic acids is 1. The maximum atomic E-state index is 13.1. The quantitative estimate of drug-likeness (QED) is 0.766. The molecule has 23 heavy (non-hydrogen) atoms. The van der Waals surface area contributed by atoms with E-state index in [1.165, 1.54) is 30.6 Å². The van der Waals surface area contributed by atoms with Crippen LogP contribution in [0.2, 0.25) is 0 Å². The number of halogens is 1. The summed E-state index contributed by atoms with van der Waals surface area (Å²) >= 11 is 0. The molecular weight excluding hydrogens is 297 g/mol. The van der Waals surface area contributed by atoms with Gasteiger partial charge in [-0.2, -0.15) is 0 Å². The molecule has 0 fully saturated rings. The van der Waals surface area contributed by atoms with Gasteiger partial charge in [0.25, 0.3) is 5.91 Å². The predicted octanol–water partition coefficient (Wildman–Crippen LogP) is 2.23. The van der Waals surface area contributed by atoms with Crippen molar-refractivity contribution in [3.8, 4) is 0 Å². The van der Waals surface area contributed by atoms with Crippen LogP contribution in [0, 0.1) is 5.82 Å². The summed E-state index contributed by atoms with van der Waals surface area (Å²) in [6, 6.07) is 5.69. The van der Waals surface area contributed by atoms with Crippen molar-refractivity contribution in [3.63, 3.8) is 0 Å². The molecule has 2 rings (SSSR count). The van der Waals surface area contributed by atoms with Crippen LogP contribution in [0.4, 0.5) is 15.9 Å². The summed E-state index contributed by atoms with van der Waals surface area (Å²) < 4.78 is 13.1. The summed E-state index contributed by atoms with van der Waals surface area (Å²) in [5.74, 6) is -0.223. The van der Waals surface area contributed by atoms with E-state index in [0.717, 1.165) is 19.5 Å². The first-order valence-corrected chi connectivity index (χ1v) is 7.32. The van der Waals surface area contributed by atoms with Gasteiger partial charge in [-0.15, -0.1) is 0 Å². The van der Waals surface area contributed by atoms with Gasteiger partial charge in [0.15, 0.2) is 0 Å². The van der Waals surface area contributed by atoms with Gasteiger partial charge < -0.3 is 15.5 Å². The first-order valence-electron chi connectivity index (χ1n) is 7.32. The van der Waals surface area contributed by atoms with E-state index in [0.29, 0.717) is 11.5 Å². The highest BCUT2D eigenvalue weighted by Gasteiger charge is 2.09. The highest BCUT2D eigenvalue weighted by Crippen LogP contribution is 2.10. The summed E-state index contributed by atoms with van der Waals surface area (Å²) in [5, 5.41) is 5.72.